The van der Waals surface area contributed by atoms with Gasteiger partial charge in [0.1, 0.15) is 5.01 Å². The minimum absolute atomic E-state index is 0.652. The van der Waals surface area contributed by atoms with Gasteiger partial charge >= 0.3 is 0 Å². The highest BCUT2D eigenvalue weighted by Gasteiger charge is 2.03. The Morgan fingerprint density at radius 1 is 1.36 bits per heavy atom. The van der Waals surface area contributed by atoms with Gasteiger partial charge in [-0.05, 0) is 19.1 Å². The highest BCUT2D eigenvalue weighted by Crippen LogP contribution is 2.26. The second kappa shape index (κ2) is 4.19. The molecule has 0 aromatic carbocycles. The molecule has 0 aliphatic rings. The number of hydrogen-bond acceptors (Lipinski definition) is 4. The molecule has 4 heteroatoms. The first kappa shape index (κ1) is 9.15. The van der Waals surface area contributed by atoms with Crippen LogP contribution >= 0.6 is 11.3 Å². The Morgan fingerprint density at radius 2 is 2.14 bits per heavy atom. The molecule has 0 N–H and O–H groups in total. The van der Waals surface area contributed by atoms with E-state index < -0.39 is 0 Å². The molecule has 0 atom stereocenters. The molecule has 72 valence electrons. The van der Waals surface area contributed by atoms with Gasteiger partial charge in [0, 0.05) is 18.0 Å². The summed E-state index contributed by atoms with van der Waals surface area (Å²) in [6.07, 6.45) is 3.52. The van der Waals surface area contributed by atoms with E-state index in [1.54, 1.807) is 23.7 Å². The highest BCUT2D eigenvalue weighted by atomic mass is 32.1. The third-order valence-corrected chi connectivity index (χ3v) is 2.57. The predicted molar refractivity (Wildman–Crippen MR) is 56.5 cm³/mol. The predicted octanol–water partition coefficient (Wildman–Crippen LogP) is 2.60. The Balaban J connectivity index is 2.25. The fourth-order valence-corrected chi connectivity index (χ4v) is 1.85. The lowest BCUT2D eigenvalue weighted by molar-refractivity contribution is 0.329. The van der Waals surface area contributed by atoms with Gasteiger partial charge in [-0.3, -0.25) is 4.98 Å². The van der Waals surface area contributed by atoms with E-state index in [9.17, 15) is 0 Å². The van der Waals surface area contributed by atoms with Gasteiger partial charge in [-0.25, -0.2) is 4.98 Å². The topological polar surface area (TPSA) is 35.0 Å². The zero-order valence-corrected chi connectivity index (χ0v) is 8.62. The summed E-state index contributed by atoms with van der Waals surface area (Å²) >= 11 is 1.58. The standard InChI is InChI=1S/C10H10N2OS/c1-2-13-9-7-14-10(12-9)8-3-5-11-6-4-8/h3-7H,2H2,1H3. The maximum atomic E-state index is 5.29. The van der Waals surface area contributed by atoms with Gasteiger partial charge in [-0.2, -0.15) is 0 Å². The molecule has 0 saturated heterocycles. The molecule has 0 aliphatic carbocycles. The molecule has 3 nitrogen and oxygen atoms in total. The number of aromatic nitrogens is 2. The number of nitrogens with zero attached hydrogens (tertiary/aromatic N) is 2. The Labute approximate surface area is 86.4 Å². The summed E-state index contributed by atoms with van der Waals surface area (Å²) in [6, 6.07) is 3.88. The van der Waals surface area contributed by atoms with Crippen LogP contribution in [0.3, 0.4) is 0 Å². The number of hydrogen-bond donors (Lipinski definition) is 0. The van der Waals surface area contributed by atoms with Gasteiger partial charge < -0.3 is 4.74 Å². The maximum Gasteiger partial charge on any atom is 0.224 e. The van der Waals surface area contributed by atoms with Crippen LogP contribution in [0, 0.1) is 0 Å². The summed E-state index contributed by atoms with van der Waals surface area (Å²) in [5.41, 5.74) is 1.08. The van der Waals surface area contributed by atoms with E-state index in [0.29, 0.717) is 12.5 Å². The van der Waals surface area contributed by atoms with Crippen LogP contribution in [-0.4, -0.2) is 16.6 Å². The van der Waals surface area contributed by atoms with E-state index in [1.165, 1.54) is 0 Å². The summed E-state index contributed by atoms with van der Waals surface area (Å²) in [4.78, 5) is 8.30. The molecule has 0 fully saturated rings. The third-order valence-electron chi connectivity index (χ3n) is 1.70. The second-order valence-electron chi connectivity index (χ2n) is 2.66. The summed E-state index contributed by atoms with van der Waals surface area (Å²) in [5, 5.41) is 2.88. The number of thiazole rings is 1. The molecular formula is C10H10N2OS. The van der Waals surface area contributed by atoms with Crippen LogP contribution in [0.2, 0.25) is 0 Å². The van der Waals surface area contributed by atoms with Gasteiger partial charge in [0.2, 0.25) is 5.88 Å². The van der Waals surface area contributed by atoms with Crippen molar-refractivity contribution in [2.75, 3.05) is 6.61 Å². The average Bonchev–Trinajstić information content (AvgIpc) is 2.68. The Bertz CT molecular complexity index is 400. The van der Waals surface area contributed by atoms with Crippen molar-refractivity contribution in [3.8, 4) is 16.5 Å². The number of ether oxygens (including phenoxy) is 1. The summed E-state index contributed by atoms with van der Waals surface area (Å²) in [5.74, 6) is 0.698. The van der Waals surface area contributed by atoms with E-state index in [4.69, 9.17) is 4.74 Å². The van der Waals surface area contributed by atoms with Crippen LogP contribution in [0.15, 0.2) is 29.9 Å². The van der Waals surface area contributed by atoms with Gasteiger partial charge in [0.05, 0.1) is 12.0 Å². The van der Waals surface area contributed by atoms with E-state index in [-0.39, 0.29) is 0 Å². The van der Waals surface area contributed by atoms with Crippen LogP contribution in [0.1, 0.15) is 6.92 Å². The molecule has 0 bridgehead atoms. The van der Waals surface area contributed by atoms with Crippen molar-refractivity contribution in [1.82, 2.24) is 9.97 Å². The highest BCUT2D eigenvalue weighted by molar-refractivity contribution is 7.13. The van der Waals surface area contributed by atoms with Crippen molar-refractivity contribution in [3.63, 3.8) is 0 Å². The first-order chi connectivity index (χ1) is 6.90. The van der Waals surface area contributed by atoms with Gasteiger partial charge in [-0.15, -0.1) is 11.3 Å². The molecule has 0 radical (unpaired) electrons. The van der Waals surface area contributed by atoms with Crippen molar-refractivity contribution in [2.45, 2.75) is 6.92 Å². The molecule has 0 saturated carbocycles. The van der Waals surface area contributed by atoms with Gasteiger partial charge in [0.15, 0.2) is 0 Å². The minimum Gasteiger partial charge on any atom is -0.477 e. The van der Waals surface area contributed by atoms with Crippen molar-refractivity contribution in [2.24, 2.45) is 0 Å². The number of rotatable bonds is 3. The first-order valence-electron chi connectivity index (χ1n) is 4.39. The molecule has 2 aromatic rings. The van der Waals surface area contributed by atoms with E-state index in [2.05, 4.69) is 9.97 Å². The average molecular weight is 206 g/mol. The first-order valence-corrected chi connectivity index (χ1v) is 5.27. The third kappa shape index (κ3) is 1.90. The summed E-state index contributed by atoms with van der Waals surface area (Å²) in [7, 11) is 0. The molecule has 14 heavy (non-hydrogen) atoms. The van der Waals surface area contributed by atoms with Crippen molar-refractivity contribution < 1.29 is 4.74 Å². The lowest BCUT2D eigenvalue weighted by atomic mass is 10.3. The Hall–Kier alpha value is -1.42. The quantitative estimate of drug-likeness (QED) is 0.774. The van der Waals surface area contributed by atoms with Crippen LogP contribution in [0.4, 0.5) is 0 Å². The largest absolute Gasteiger partial charge is 0.477 e. The molecule has 2 rings (SSSR count). The molecule has 2 aromatic heterocycles. The van der Waals surface area contributed by atoms with Crippen LogP contribution in [0.25, 0.3) is 10.6 Å². The van der Waals surface area contributed by atoms with Crippen LogP contribution in [0.5, 0.6) is 5.88 Å². The van der Waals surface area contributed by atoms with Gasteiger partial charge in [0.25, 0.3) is 0 Å². The molecule has 0 aliphatic heterocycles. The van der Waals surface area contributed by atoms with E-state index >= 15 is 0 Å². The summed E-state index contributed by atoms with van der Waals surface area (Å²) < 4.78 is 5.29. The van der Waals surface area contributed by atoms with Crippen molar-refractivity contribution >= 4 is 11.3 Å². The maximum absolute atomic E-state index is 5.29. The van der Waals surface area contributed by atoms with Crippen molar-refractivity contribution in [1.29, 1.82) is 0 Å². The fraction of sp³-hybridized carbons (Fsp3) is 0.200. The van der Waals surface area contributed by atoms with Crippen molar-refractivity contribution in [3.05, 3.63) is 29.9 Å². The molecule has 0 unspecified atom stereocenters. The van der Waals surface area contributed by atoms with Crippen LogP contribution in [-0.2, 0) is 0 Å². The normalized spacial score (nSPS) is 10.1. The van der Waals surface area contributed by atoms with Gasteiger partial charge in [-0.1, -0.05) is 0 Å². The molecule has 0 spiro atoms. The zero-order valence-electron chi connectivity index (χ0n) is 7.80. The fourth-order valence-electron chi connectivity index (χ4n) is 1.10. The summed E-state index contributed by atoms with van der Waals surface area (Å²) in [6.45, 7) is 2.60. The monoisotopic (exact) mass is 206 g/mol. The molecule has 0 amide bonds. The smallest absolute Gasteiger partial charge is 0.224 e. The number of pyridine rings is 1. The lowest BCUT2D eigenvalue weighted by Crippen LogP contribution is -1.90. The Kier molecular flexibility index (Phi) is 2.74. The molecule has 2 heterocycles. The van der Waals surface area contributed by atoms with Crippen LogP contribution < -0.4 is 4.74 Å². The van der Waals surface area contributed by atoms with E-state index in [0.717, 1.165) is 10.6 Å². The Morgan fingerprint density at radius 3 is 2.86 bits per heavy atom. The SMILES string of the molecule is CCOc1csc(-c2ccncc2)n1. The van der Waals surface area contributed by atoms with E-state index in [1.807, 2.05) is 24.4 Å². The zero-order chi connectivity index (χ0) is 9.80. The minimum atomic E-state index is 0.652. The lowest BCUT2D eigenvalue weighted by Gasteiger charge is -1.95. The second-order valence-corrected chi connectivity index (χ2v) is 3.52. The molecular weight excluding hydrogens is 196 g/mol.